The minimum Gasteiger partial charge on any atom is -0.369 e. The fourth-order valence-electron chi connectivity index (χ4n) is 4.34. The van der Waals surface area contributed by atoms with Crippen LogP contribution in [0.5, 0.6) is 0 Å². The maximum absolute atomic E-state index is 12.5. The van der Waals surface area contributed by atoms with E-state index in [4.69, 9.17) is 0 Å². The van der Waals surface area contributed by atoms with E-state index < -0.39 is 9.84 Å². The largest absolute Gasteiger partial charge is 0.369 e. The molecule has 0 atom stereocenters. The molecule has 0 radical (unpaired) electrons. The van der Waals surface area contributed by atoms with Crippen LogP contribution in [-0.4, -0.2) is 75.3 Å². The van der Waals surface area contributed by atoms with Gasteiger partial charge in [-0.15, -0.1) is 0 Å². The third-order valence-electron chi connectivity index (χ3n) is 6.40. The van der Waals surface area contributed by atoms with E-state index in [-0.39, 0.29) is 5.25 Å². The predicted octanol–water partition coefficient (Wildman–Crippen LogP) is 3.11. The van der Waals surface area contributed by atoms with Crippen LogP contribution in [0.3, 0.4) is 0 Å². The number of likely N-dealkylation sites (tertiary alicyclic amines) is 1. The zero-order valence-corrected chi connectivity index (χ0v) is 18.8. The van der Waals surface area contributed by atoms with Crippen molar-refractivity contribution in [2.24, 2.45) is 5.92 Å². The lowest BCUT2D eigenvalue weighted by Crippen LogP contribution is -2.49. The Bertz CT molecular complexity index is 732. The SMILES string of the molecule is CC(C)N1CCC(CN2CCN(c3cccc(S(=O)(=O)C(C)C)c3)CC2)CC1. The topological polar surface area (TPSA) is 43.9 Å². The van der Waals surface area contributed by atoms with E-state index >= 15 is 0 Å². The number of benzene rings is 1. The van der Waals surface area contributed by atoms with Crippen LogP contribution in [-0.2, 0) is 9.84 Å². The van der Waals surface area contributed by atoms with Gasteiger partial charge in [0.05, 0.1) is 10.1 Å². The Balaban J connectivity index is 1.52. The summed E-state index contributed by atoms with van der Waals surface area (Å²) in [5, 5.41) is -0.387. The molecule has 28 heavy (non-hydrogen) atoms. The summed E-state index contributed by atoms with van der Waals surface area (Å²) in [5.74, 6) is 0.820. The molecule has 5 nitrogen and oxygen atoms in total. The summed E-state index contributed by atoms with van der Waals surface area (Å²) >= 11 is 0. The molecule has 158 valence electrons. The Morgan fingerprint density at radius 3 is 2.18 bits per heavy atom. The number of rotatable bonds is 6. The van der Waals surface area contributed by atoms with Gasteiger partial charge in [0.2, 0.25) is 0 Å². The highest BCUT2D eigenvalue weighted by atomic mass is 32.2. The van der Waals surface area contributed by atoms with Crippen LogP contribution in [0.25, 0.3) is 0 Å². The highest BCUT2D eigenvalue weighted by Crippen LogP contribution is 2.25. The Morgan fingerprint density at radius 2 is 1.61 bits per heavy atom. The average molecular weight is 408 g/mol. The fourth-order valence-corrected chi connectivity index (χ4v) is 5.43. The number of anilines is 1. The Hall–Kier alpha value is -1.11. The van der Waals surface area contributed by atoms with Gasteiger partial charge in [0.1, 0.15) is 0 Å². The third kappa shape index (κ3) is 5.08. The van der Waals surface area contributed by atoms with Crippen LogP contribution in [0.2, 0.25) is 0 Å². The van der Waals surface area contributed by atoms with Crippen molar-refractivity contribution in [3.63, 3.8) is 0 Å². The van der Waals surface area contributed by atoms with Gasteiger partial charge in [0.25, 0.3) is 0 Å². The molecule has 1 aromatic carbocycles. The van der Waals surface area contributed by atoms with Gasteiger partial charge in [-0.05, 0) is 77.7 Å². The molecule has 3 rings (SSSR count). The minimum atomic E-state index is -3.22. The maximum Gasteiger partial charge on any atom is 0.180 e. The molecule has 6 heteroatoms. The van der Waals surface area contributed by atoms with E-state index in [0.29, 0.717) is 10.9 Å². The highest BCUT2D eigenvalue weighted by Gasteiger charge is 2.25. The normalized spacial score (nSPS) is 21.0. The summed E-state index contributed by atoms with van der Waals surface area (Å²) in [7, 11) is -3.22. The molecular weight excluding hydrogens is 370 g/mol. The van der Waals surface area contributed by atoms with Crippen LogP contribution < -0.4 is 4.90 Å². The van der Waals surface area contributed by atoms with Crippen molar-refractivity contribution in [2.75, 3.05) is 50.7 Å². The average Bonchev–Trinajstić information content (AvgIpc) is 2.69. The van der Waals surface area contributed by atoms with Crippen molar-refractivity contribution in [3.05, 3.63) is 24.3 Å². The summed E-state index contributed by atoms with van der Waals surface area (Å²) in [5.41, 5.74) is 1.03. The Labute approximate surface area is 171 Å². The quantitative estimate of drug-likeness (QED) is 0.725. The van der Waals surface area contributed by atoms with Crippen LogP contribution in [0.1, 0.15) is 40.5 Å². The van der Waals surface area contributed by atoms with Crippen molar-refractivity contribution in [2.45, 2.75) is 56.7 Å². The first-order valence-corrected chi connectivity index (χ1v) is 12.4. The molecule has 0 unspecified atom stereocenters. The molecule has 2 heterocycles. The van der Waals surface area contributed by atoms with Crippen molar-refractivity contribution in [1.82, 2.24) is 9.80 Å². The first-order chi connectivity index (χ1) is 13.3. The molecule has 2 aliphatic rings. The van der Waals surface area contributed by atoms with Gasteiger partial charge in [0.15, 0.2) is 9.84 Å². The number of piperazine rings is 1. The molecular formula is C22H37N3O2S. The summed E-state index contributed by atoms with van der Waals surface area (Å²) in [6.45, 7) is 15.8. The molecule has 1 aromatic rings. The molecule has 0 bridgehead atoms. The van der Waals surface area contributed by atoms with Crippen LogP contribution in [0, 0.1) is 5.92 Å². The van der Waals surface area contributed by atoms with E-state index in [1.54, 1.807) is 19.9 Å². The van der Waals surface area contributed by atoms with Gasteiger partial charge >= 0.3 is 0 Å². The van der Waals surface area contributed by atoms with Gasteiger partial charge in [-0.25, -0.2) is 8.42 Å². The van der Waals surface area contributed by atoms with Gasteiger partial charge in [-0.2, -0.15) is 0 Å². The summed E-state index contributed by atoms with van der Waals surface area (Å²) in [6, 6.07) is 8.15. The number of piperidine rings is 1. The number of hydrogen-bond acceptors (Lipinski definition) is 5. The Kier molecular flexibility index (Phi) is 7.05. The zero-order valence-electron chi connectivity index (χ0n) is 18.0. The number of hydrogen-bond donors (Lipinski definition) is 0. The molecule has 0 saturated carbocycles. The number of nitrogens with zero attached hydrogens (tertiary/aromatic N) is 3. The molecule has 2 fully saturated rings. The van der Waals surface area contributed by atoms with Crippen LogP contribution >= 0.6 is 0 Å². The number of sulfone groups is 1. The second kappa shape index (κ2) is 9.14. The van der Waals surface area contributed by atoms with Crippen LogP contribution in [0.15, 0.2) is 29.2 Å². The molecule has 0 spiro atoms. The summed E-state index contributed by atoms with van der Waals surface area (Å²) in [6.07, 6.45) is 2.63. The molecule has 0 aromatic heterocycles. The minimum absolute atomic E-state index is 0.387. The maximum atomic E-state index is 12.5. The molecule has 2 saturated heterocycles. The smallest absolute Gasteiger partial charge is 0.180 e. The second-order valence-electron chi connectivity index (χ2n) is 8.95. The van der Waals surface area contributed by atoms with Gasteiger partial charge in [-0.3, -0.25) is 4.90 Å². The van der Waals surface area contributed by atoms with E-state index in [9.17, 15) is 8.42 Å². The monoisotopic (exact) mass is 407 g/mol. The standard InChI is InChI=1S/C22H37N3O2S/c1-18(2)24-10-8-20(9-11-24)17-23-12-14-25(15-13-23)21-6-5-7-22(16-21)28(26,27)19(3)4/h5-7,16,18-20H,8-15,17H2,1-4H3. The van der Waals surface area contributed by atoms with Gasteiger partial charge in [-0.1, -0.05) is 6.07 Å². The summed E-state index contributed by atoms with van der Waals surface area (Å²) < 4.78 is 25.0. The lowest BCUT2D eigenvalue weighted by molar-refractivity contribution is 0.119. The van der Waals surface area contributed by atoms with Crippen LogP contribution in [0.4, 0.5) is 5.69 Å². The fraction of sp³-hybridized carbons (Fsp3) is 0.727. The first kappa shape index (κ1) is 21.6. The lowest BCUT2D eigenvalue weighted by Gasteiger charge is -2.40. The zero-order chi connectivity index (χ0) is 20.3. The van der Waals surface area contributed by atoms with E-state index in [0.717, 1.165) is 37.8 Å². The third-order valence-corrected chi connectivity index (χ3v) is 8.55. The van der Waals surface area contributed by atoms with Crippen molar-refractivity contribution < 1.29 is 8.42 Å². The molecule has 0 aliphatic carbocycles. The first-order valence-electron chi connectivity index (χ1n) is 10.8. The van der Waals surface area contributed by atoms with Gasteiger partial charge in [0, 0.05) is 44.5 Å². The van der Waals surface area contributed by atoms with Crippen molar-refractivity contribution in [1.29, 1.82) is 0 Å². The van der Waals surface area contributed by atoms with Crippen molar-refractivity contribution in [3.8, 4) is 0 Å². The Morgan fingerprint density at radius 1 is 0.964 bits per heavy atom. The molecule has 0 N–H and O–H groups in total. The van der Waals surface area contributed by atoms with Crippen molar-refractivity contribution >= 4 is 15.5 Å². The lowest BCUT2D eigenvalue weighted by atomic mass is 9.95. The van der Waals surface area contributed by atoms with E-state index in [1.807, 2.05) is 18.2 Å². The summed E-state index contributed by atoms with van der Waals surface area (Å²) in [4.78, 5) is 7.96. The highest BCUT2D eigenvalue weighted by molar-refractivity contribution is 7.92. The predicted molar refractivity (Wildman–Crippen MR) is 117 cm³/mol. The molecule has 0 amide bonds. The van der Waals surface area contributed by atoms with E-state index in [1.165, 1.54) is 32.5 Å². The molecule has 2 aliphatic heterocycles. The second-order valence-corrected chi connectivity index (χ2v) is 11.5. The van der Waals surface area contributed by atoms with Gasteiger partial charge < -0.3 is 9.80 Å². The van der Waals surface area contributed by atoms with E-state index in [2.05, 4.69) is 28.5 Å².